The van der Waals surface area contributed by atoms with Crippen molar-refractivity contribution in [3.63, 3.8) is 0 Å². The summed E-state index contributed by atoms with van der Waals surface area (Å²) in [4.78, 5) is 32.4. The van der Waals surface area contributed by atoms with Gasteiger partial charge in [-0.05, 0) is 61.6 Å². The smallest absolute Gasteiger partial charge is 0.253 e. The number of benzene rings is 2. The van der Waals surface area contributed by atoms with Gasteiger partial charge in [0.1, 0.15) is 29.5 Å². The molecular formula is C35H50Cl2FN5O4. The van der Waals surface area contributed by atoms with Crippen LogP contribution in [0, 0.1) is 11.7 Å². The monoisotopic (exact) mass is 693 g/mol. The van der Waals surface area contributed by atoms with Gasteiger partial charge < -0.3 is 34.8 Å². The van der Waals surface area contributed by atoms with E-state index in [1.54, 1.807) is 6.07 Å². The molecule has 260 valence electrons. The van der Waals surface area contributed by atoms with Crippen LogP contribution in [0.25, 0.3) is 0 Å². The minimum atomic E-state index is -0.293. The molecule has 0 spiro atoms. The first kappa shape index (κ1) is 37.0. The number of rotatable bonds is 8. The van der Waals surface area contributed by atoms with Crippen LogP contribution in [0.1, 0.15) is 67.8 Å². The van der Waals surface area contributed by atoms with Crippen molar-refractivity contribution in [2.45, 2.75) is 64.1 Å². The number of piperidine rings is 2. The van der Waals surface area contributed by atoms with Crippen LogP contribution in [0.3, 0.4) is 0 Å². The Kier molecular flexibility index (Phi) is 13.4. The Balaban J connectivity index is 0.00000250. The van der Waals surface area contributed by atoms with Crippen LogP contribution in [0.5, 0.6) is 11.5 Å². The molecule has 4 aliphatic heterocycles. The number of halogens is 3. The third-order valence-electron chi connectivity index (χ3n) is 9.68. The van der Waals surface area contributed by atoms with E-state index in [0.717, 1.165) is 88.6 Å². The van der Waals surface area contributed by atoms with E-state index in [2.05, 4.69) is 15.5 Å². The summed E-state index contributed by atoms with van der Waals surface area (Å²) in [5.41, 5.74) is 2.60. The predicted octanol–water partition coefficient (Wildman–Crippen LogP) is 4.87. The van der Waals surface area contributed by atoms with E-state index < -0.39 is 0 Å². The van der Waals surface area contributed by atoms with Crippen molar-refractivity contribution in [2.75, 3.05) is 70.3 Å². The molecule has 0 unspecified atom stereocenters. The molecule has 47 heavy (non-hydrogen) atoms. The first-order valence-electron chi connectivity index (χ1n) is 16.9. The van der Waals surface area contributed by atoms with Gasteiger partial charge in [0.2, 0.25) is 5.91 Å². The van der Waals surface area contributed by atoms with Gasteiger partial charge in [-0.1, -0.05) is 13.8 Å². The number of piperazine rings is 1. The lowest BCUT2D eigenvalue weighted by atomic mass is 9.87. The Morgan fingerprint density at radius 1 is 0.787 bits per heavy atom. The van der Waals surface area contributed by atoms with Gasteiger partial charge >= 0.3 is 0 Å². The minimum absolute atomic E-state index is 0. The number of hydrogen-bond donors (Lipinski definition) is 2. The van der Waals surface area contributed by atoms with E-state index in [0.29, 0.717) is 37.2 Å². The molecule has 12 heteroatoms. The van der Waals surface area contributed by atoms with E-state index in [4.69, 9.17) is 9.47 Å². The molecule has 2 N–H and O–H groups in total. The van der Waals surface area contributed by atoms with Crippen LogP contribution in [-0.2, 0) is 4.79 Å². The van der Waals surface area contributed by atoms with Crippen molar-refractivity contribution in [3.05, 3.63) is 53.3 Å². The molecule has 2 aromatic carbocycles. The van der Waals surface area contributed by atoms with Crippen molar-refractivity contribution >= 4 is 42.3 Å². The molecule has 4 heterocycles. The van der Waals surface area contributed by atoms with Crippen molar-refractivity contribution < 1.29 is 23.5 Å². The summed E-state index contributed by atoms with van der Waals surface area (Å²) in [5.74, 6) is 1.56. The van der Waals surface area contributed by atoms with Gasteiger partial charge in [0.15, 0.2) is 0 Å². The standard InChI is InChI=1S/C35H48FN5O4.2ClH/c1-24(2)34(42)40-13-6-25(7-14-40)32-19-26(3-4-33(32)45-30-5-10-38-23-30)35(43)41-15-8-29(9-16-41)44-31-21-27(36)20-28(22-31)39-17-11-37-12-18-39;;/h3-4,19-22,24-25,29-30,37-38H,5-18,23H2,1-2H3;2*1H/t30-;;/m0../s1. The number of ether oxygens (including phenoxy) is 2. The molecule has 0 saturated carbocycles. The van der Waals surface area contributed by atoms with Gasteiger partial charge in [0.05, 0.1) is 0 Å². The summed E-state index contributed by atoms with van der Waals surface area (Å²) < 4.78 is 27.2. The first-order chi connectivity index (χ1) is 21.8. The van der Waals surface area contributed by atoms with Gasteiger partial charge in [0, 0.05) is 101 Å². The molecule has 0 aliphatic carbocycles. The lowest BCUT2D eigenvalue weighted by molar-refractivity contribution is -0.135. The number of hydrogen-bond acceptors (Lipinski definition) is 7. The fraction of sp³-hybridized carbons (Fsp3) is 0.600. The van der Waals surface area contributed by atoms with Gasteiger partial charge in [-0.15, -0.1) is 24.8 Å². The number of anilines is 1. The van der Waals surface area contributed by atoms with E-state index >= 15 is 0 Å². The fourth-order valence-electron chi connectivity index (χ4n) is 7.07. The predicted molar refractivity (Wildman–Crippen MR) is 187 cm³/mol. The second-order valence-corrected chi connectivity index (χ2v) is 13.2. The van der Waals surface area contributed by atoms with Crippen LogP contribution >= 0.6 is 24.8 Å². The summed E-state index contributed by atoms with van der Waals surface area (Å²) in [7, 11) is 0. The van der Waals surface area contributed by atoms with Gasteiger partial charge in [-0.25, -0.2) is 4.39 Å². The number of likely N-dealkylation sites (tertiary alicyclic amines) is 2. The third kappa shape index (κ3) is 9.22. The lowest BCUT2D eigenvalue weighted by Gasteiger charge is -2.35. The van der Waals surface area contributed by atoms with Crippen LogP contribution in [-0.4, -0.2) is 99.3 Å². The maximum atomic E-state index is 14.5. The highest BCUT2D eigenvalue weighted by Gasteiger charge is 2.30. The topological polar surface area (TPSA) is 86.4 Å². The molecule has 4 fully saturated rings. The molecule has 2 aromatic rings. The SMILES string of the molecule is CC(C)C(=O)N1CCC(c2cc(C(=O)N3CCC(Oc4cc(F)cc(N5CCNCC5)c4)CC3)ccc2O[C@H]2CCNC2)CC1.Cl.Cl. The Hall–Kier alpha value is -2.79. The van der Waals surface area contributed by atoms with Crippen LogP contribution in [0.2, 0.25) is 0 Å². The highest BCUT2D eigenvalue weighted by Crippen LogP contribution is 2.37. The maximum Gasteiger partial charge on any atom is 0.253 e. The third-order valence-corrected chi connectivity index (χ3v) is 9.68. The fourth-order valence-corrected chi connectivity index (χ4v) is 7.07. The maximum absolute atomic E-state index is 14.5. The summed E-state index contributed by atoms with van der Waals surface area (Å²) >= 11 is 0. The summed E-state index contributed by atoms with van der Waals surface area (Å²) in [6.07, 6.45) is 4.11. The molecule has 4 aliphatic rings. The molecule has 4 saturated heterocycles. The zero-order valence-electron chi connectivity index (χ0n) is 27.5. The van der Waals surface area contributed by atoms with Gasteiger partial charge in [-0.2, -0.15) is 0 Å². The minimum Gasteiger partial charge on any atom is -0.490 e. The average Bonchev–Trinajstić information content (AvgIpc) is 3.58. The molecule has 0 radical (unpaired) electrons. The normalized spacial score (nSPS) is 20.9. The van der Waals surface area contributed by atoms with E-state index in [1.807, 2.05) is 47.9 Å². The second-order valence-electron chi connectivity index (χ2n) is 13.2. The zero-order valence-corrected chi connectivity index (χ0v) is 29.2. The molecule has 9 nitrogen and oxygen atoms in total. The van der Waals surface area contributed by atoms with Crippen molar-refractivity contribution in [1.29, 1.82) is 0 Å². The summed E-state index contributed by atoms with van der Waals surface area (Å²) in [5, 5.41) is 6.70. The highest BCUT2D eigenvalue weighted by molar-refractivity contribution is 5.94. The molecule has 0 bridgehead atoms. The molecule has 6 rings (SSSR count). The highest BCUT2D eigenvalue weighted by atomic mass is 35.5. The number of nitrogens with one attached hydrogen (secondary N) is 2. The van der Waals surface area contributed by atoms with Gasteiger partial charge in [0.25, 0.3) is 5.91 Å². The molecule has 2 amide bonds. The largest absolute Gasteiger partial charge is 0.490 e. The van der Waals surface area contributed by atoms with Crippen LogP contribution in [0.4, 0.5) is 10.1 Å². The quantitative estimate of drug-likeness (QED) is 0.408. The molecular weight excluding hydrogens is 644 g/mol. The second kappa shape index (κ2) is 17.0. The average molecular weight is 695 g/mol. The summed E-state index contributed by atoms with van der Waals surface area (Å²) in [6.45, 7) is 11.7. The van der Waals surface area contributed by atoms with Crippen molar-refractivity contribution in [2.24, 2.45) is 5.92 Å². The van der Waals surface area contributed by atoms with Crippen molar-refractivity contribution in [3.8, 4) is 11.5 Å². The molecule has 0 aromatic heterocycles. The van der Waals surface area contributed by atoms with Crippen LogP contribution in [0.15, 0.2) is 36.4 Å². The number of carbonyl (C=O) groups excluding carboxylic acids is 2. The Bertz CT molecular complexity index is 1340. The Morgan fingerprint density at radius 2 is 1.49 bits per heavy atom. The van der Waals surface area contributed by atoms with Crippen LogP contribution < -0.4 is 25.0 Å². The molecule has 1 atom stereocenters. The number of nitrogens with zero attached hydrogens (tertiary/aromatic N) is 3. The Morgan fingerprint density at radius 3 is 2.15 bits per heavy atom. The van der Waals surface area contributed by atoms with E-state index in [-0.39, 0.29) is 66.5 Å². The summed E-state index contributed by atoms with van der Waals surface area (Å²) in [6, 6.07) is 10.9. The number of carbonyl (C=O) groups is 2. The van der Waals surface area contributed by atoms with Crippen molar-refractivity contribution in [1.82, 2.24) is 20.4 Å². The van der Waals surface area contributed by atoms with E-state index in [1.165, 1.54) is 6.07 Å². The number of amides is 2. The zero-order chi connectivity index (χ0) is 31.3. The van der Waals surface area contributed by atoms with Gasteiger partial charge in [-0.3, -0.25) is 9.59 Å². The first-order valence-corrected chi connectivity index (χ1v) is 16.9. The van der Waals surface area contributed by atoms with E-state index in [9.17, 15) is 14.0 Å². The lowest BCUT2D eigenvalue weighted by Crippen LogP contribution is -2.43. The Labute approximate surface area is 290 Å².